The molecule has 1 N–H and O–H groups in total. The zero-order valence-electron chi connectivity index (χ0n) is 14.2. The summed E-state index contributed by atoms with van der Waals surface area (Å²) in [6.07, 6.45) is 1.60. The molecule has 4 heteroatoms. The van der Waals surface area contributed by atoms with Gasteiger partial charge in [-0.25, -0.2) is 0 Å². The second-order valence-electron chi connectivity index (χ2n) is 5.60. The van der Waals surface area contributed by atoms with E-state index < -0.39 is 5.91 Å². The van der Waals surface area contributed by atoms with Crippen LogP contribution in [0.5, 0.6) is 0 Å². The van der Waals surface area contributed by atoms with Crippen LogP contribution >= 0.6 is 0 Å². The third kappa shape index (κ3) is 4.47. The molecule has 2 rings (SSSR count). The number of hydrogen-bond acceptors (Lipinski definition) is 3. The molecule has 0 spiro atoms. The second-order valence-corrected chi connectivity index (χ2v) is 5.60. The number of amides is 1. The van der Waals surface area contributed by atoms with Crippen LogP contribution < -0.4 is 10.2 Å². The molecule has 0 saturated heterocycles. The van der Waals surface area contributed by atoms with Crippen LogP contribution in [0.4, 0.5) is 11.4 Å². The predicted octanol–water partition coefficient (Wildman–Crippen LogP) is 4.18. The molecule has 2 aromatic carbocycles. The van der Waals surface area contributed by atoms with E-state index in [1.165, 1.54) is 0 Å². The van der Waals surface area contributed by atoms with Crippen molar-refractivity contribution in [3.05, 3.63) is 71.4 Å². The van der Waals surface area contributed by atoms with Gasteiger partial charge in [0.05, 0.1) is 0 Å². The van der Waals surface area contributed by atoms with E-state index in [4.69, 9.17) is 0 Å². The Balaban J connectivity index is 2.23. The van der Waals surface area contributed by atoms with Gasteiger partial charge in [0.2, 0.25) is 0 Å². The van der Waals surface area contributed by atoms with Gasteiger partial charge in [-0.3, -0.25) is 4.79 Å². The fraction of sp³-hybridized carbons (Fsp3) is 0.200. The van der Waals surface area contributed by atoms with E-state index in [2.05, 4.69) is 5.32 Å². The number of carbonyl (C=O) groups is 1. The van der Waals surface area contributed by atoms with E-state index in [9.17, 15) is 10.1 Å². The van der Waals surface area contributed by atoms with Gasteiger partial charge in [-0.1, -0.05) is 24.3 Å². The van der Waals surface area contributed by atoms with Gasteiger partial charge >= 0.3 is 0 Å². The molecule has 0 aliphatic rings. The Hall–Kier alpha value is -3.06. The van der Waals surface area contributed by atoms with Crippen molar-refractivity contribution in [2.75, 3.05) is 16.8 Å². The van der Waals surface area contributed by atoms with Gasteiger partial charge in [-0.2, -0.15) is 5.26 Å². The van der Waals surface area contributed by atoms with Crippen molar-refractivity contribution >= 4 is 17.3 Å². The van der Waals surface area contributed by atoms with Gasteiger partial charge in [-0.05, 0) is 56.2 Å². The lowest BCUT2D eigenvalue weighted by molar-refractivity contribution is -0.112. The Labute approximate surface area is 143 Å². The summed E-state index contributed by atoms with van der Waals surface area (Å²) in [6.45, 7) is 6.60. The highest BCUT2D eigenvalue weighted by atomic mass is 16.1. The molecular formula is C20H21N3O. The van der Waals surface area contributed by atoms with Gasteiger partial charge in [0.25, 0.3) is 5.91 Å². The van der Waals surface area contributed by atoms with E-state index in [0.717, 1.165) is 16.8 Å². The lowest BCUT2D eigenvalue weighted by Gasteiger charge is -2.19. The minimum Gasteiger partial charge on any atom is -0.347 e. The molecule has 0 atom stereocenters. The number of anilines is 2. The number of rotatable bonds is 5. The summed E-state index contributed by atoms with van der Waals surface area (Å²) >= 11 is 0. The van der Waals surface area contributed by atoms with E-state index in [1.807, 2.05) is 74.2 Å². The molecule has 2 aromatic rings. The summed E-state index contributed by atoms with van der Waals surface area (Å²) in [5, 5.41) is 12.1. The topological polar surface area (TPSA) is 56.1 Å². The maximum absolute atomic E-state index is 12.4. The Bertz CT molecular complexity index is 803. The van der Waals surface area contributed by atoms with Crippen LogP contribution in [-0.4, -0.2) is 12.5 Å². The molecule has 0 radical (unpaired) electrons. The van der Waals surface area contributed by atoms with Crippen LogP contribution in [-0.2, 0) is 4.79 Å². The number of nitrogens with one attached hydrogen (secondary N) is 1. The highest BCUT2D eigenvalue weighted by Crippen LogP contribution is 2.18. The predicted molar refractivity (Wildman–Crippen MR) is 97.7 cm³/mol. The first kappa shape index (κ1) is 17.3. The van der Waals surface area contributed by atoms with Crippen LogP contribution in [0.15, 0.2) is 60.3 Å². The lowest BCUT2D eigenvalue weighted by atomic mass is 10.2. The van der Waals surface area contributed by atoms with Crippen molar-refractivity contribution in [1.29, 1.82) is 5.26 Å². The first-order chi connectivity index (χ1) is 11.5. The molecule has 0 heterocycles. The van der Waals surface area contributed by atoms with Gasteiger partial charge in [0, 0.05) is 24.1 Å². The fourth-order valence-corrected chi connectivity index (χ4v) is 2.37. The van der Waals surface area contributed by atoms with Crippen LogP contribution in [0.25, 0.3) is 0 Å². The average molecular weight is 319 g/mol. The highest BCUT2D eigenvalue weighted by molar-refractivity contribution is 6.06. The first-order valence-corrected chi connectivity index (χ1v) is 7.86. The quantitative estimate of drug-likeness (QED) is 0.664. The SMILES string of the molecule is CCN(/C=C(/C#N)C(=O)Nc1cccc(C)c1)c1cccc(C)c1. The number of benzene rings is 2. The third-order valence-electron chi connectivity index (χ3n) is 3.60. The molecule has 0 saturated carbocycles. The highest BCUT2D eigenvalue weighted by Gasteiger charge is 2.12. The second kappa shape index (κ2) is 7.98. The summed E-state index contributed by atoms with van der Waals surface area (Å²) in [5.74, 6) is -0.408. The summed E-state index contributed by atoms with van der Waals surface area (Å²) < 4.78 is 0. The monoisotopic (exact) mass is 319 g/mol. The normalized spacial score (nSPS) is 10.8. The summed E-state index contributed by atoms with van der Waals surface area (Å²) in [5.41, 5.74) is 3.88. The van der Waals surface area contributed by atoms with Crippen LogP contribution in [0.1, 0.15) is 18.1 Å². The molecule has 0 aliphatic heterocycles. The number of nitrogens with zero attached hydrogens (tertiary/aromatic N) is 2. The van der Waals surface area contributed by atoms with E-state index >= 15 is 0 Å². The molecule has 122 valence electrons. The van der Waals surface area contributed by atoms with Crippen LogP contribution in [0.2, 0.25) is 0 Å². The number of aryl methyl sites for hydroxylation is 2. The van der Waals surface area contributed by atoms with Crippen molar-refractivity contribution in [3.63, 3.8) is 0 Å². The Morgan fingerprint density at radius 1 is 1.17 bits per heavy atom. The van der Waals surface area contributed by atoms with Gasteiger partial charge in [-0.15, -0.1) is 0 Å². The largest absolute Gasteiger partial charge is 0.347 e. The van der Waals surface area contributed by atoms with Crippen molar-refractivity contribution in [3.8, 4) is 6.07 Å². The minimum absolute atomic E-state index is 0.0693. The number of carbonyl (C=O) groups excluding carboxylic acids is 1. The van der Waals surface area contributed by atoms with E-state index in [0.29, 0.717) is 12.2 Å². The zero-order valence-corrected chi connectivity index (χ0v) is 14.2. The van der Waals surface area contributed by atoms with Gasteiger partial charge in [0.1, 0.15) is 11.6 Å². The van der Waals surface area contributed by atoms with Crippen molar-refractivity contribution < 1.29 is 4.79 Å². The summed E-state index contributed by atoms with van der Waals surface area (Å²) in [7, 11) is 0. The summed E-state index contributed by atoms with van der Waals surface area (Å²) in [4.78, 5) is 14.3. The smallest absolute Gasteiger partial charge is 0.267 e. The van der Waals surface area contributed by atoms with Crippen molar-refractivity contribution in [2.45, 2.75) is 20.8 Å². The molecule has 0 fully saturated rings. The molecule has 4 nitrogen and oxygen atoms in total. The van der Waals surface area contributed by atoms with Crippen molar-refractivity contribution in [1.82, 2.24) is 0 Å². The lowest BCUT2D eigenvalue weighted by Crippen LogP contribution is -2.20. The number of hydrogen-bond donors (Lipinski definition) is 1. The van der Waals surface area contributed by atoms with E-state index in [-0.39, 0.29) is 5.57 Å². The Morgan fingerprint density at radius 3 is 2.42 bits per heavy atom. The molecule has 1 amide bonds. The Kier molecular flexibility index (Phi) is 5.75. The first-order valence-electron chi connectivity index (χ1n) is 7.86. The summed E-state index contributed by atoms with van der Waals surface area (Å²) in [6, 6.07) is 17.4. The fourth-order valence-electron chi connectivity index (χ4n) is 2.37. The minimum atomic E-state index is -0.408. The maximum Gasteiger partial charge on any atom is 0.267 e. The molecule has 0 aliphatic carbocycles. The molecular weight excluding hydrogens is 298 g/mol. The standard InChI is InChI=1S/C20H21N3O/c1-4-23(19-10-6-8-16(3)12-19)14-17(13-21)20(24)22-18-9-5-7-15(2)11-18/h5-12,14H,4H2,1-3H3,(H,22,24)/b17-14-. The van der Waals surface area contributed by atoms with Crippen LogP contribution in [0, 0.1) is 25.2 Å². The third-order valence-corrected chi connectivity index (χ3v) is 3.60. The zero-order chi connectivity index (χ0) is 17.5. The van der Waals surface area contributed by atoms with Gasteiger partial charge in [0.15, 0.2) is 0 Å². The molecule has 0 bridgehead atoms. The van der Waals surface area contributed by atoms with Gasteiger partial charge < -0.3 is 10.2 Å². The van der Waals surface area contributed by atoms with Crippen LogP contribution in [0.3, 0.4) is 0 Å². The molecule has 0 aromatic heterocycles. The van der Waals surface area contributed by atoms with E-state index in [1.54, 1.807) is 12.3 Å². The Morgan fingerprint density at radius 2 is 1.83 bits per heavy atom. The van der Waals surface area contributed by atoms with Crippen molar-refractivity contribution in [2.24, 2.45) is 0 Å². The number of nitriles is 1. The molecule has 0 unspecified atom stereocenters. The average Bonchev–Trinajstić information content (AvgIpc) is 2.56. The molecule has 24 heavy (non-hydrogen) atoms. The maximum atomic E-state index is 12.4.